The van der Waals surface area contributed by atoms with Gasteiger partial charge in [0, 0.05) is 55.2 Å². The van der Waals surface area contributed by atoms with Crippen molar-refractivity contribution in [2.75, 3.05) is 39.5 Å². The second-order valence-corrected chi connectivity index (χ2v) is 37.2. The Morgan fingerprint density at radius 1 is 0.351 bits per heavy atom. The fourth-order valence-corrected chi connectivity index (χ4v) is 22.0. The fraction of sp³-hybridized carbons (Fsp3) is 0.627. The molecule has 4 aromatic carbocycles. The van der Waals surface area contributed by atoms with Crippen LogP contribution in [0.15, 0.2) is 120 Å². The Bertz CT molecular complexity index is 3840. The summed E-state index contributed by atoms with van der Waals surface area (Å²) in [5.74, 6) is 0.889. The molecule has 2 unspecified atom stereocenters. The molecule has 2 amide bonds. The highest BCUT2D eigenvalue weighted by Gasteiger charge is 2.51. The van der Waals surface area contributed by atoms with Crippen LogP contribution in [-0.4, -0.2) is 75.4 Å². The quantitative estimate of drug-likeness (QED) is 0.0280. The molecule has 2 aliphatic carbocycles. The van der Waals surface area contributed by atoms with Crippen molar-refractivity contribution < 1.29 is 28.2 Å². The van der Waals surface area contributed by atoms with Crippen molar-refractivity contribution in [3.05, 3.63) is 152 Å². The lowest BCUT2D eigenvalue weighted by molar-refractivity contribution is -0.124. The van der Waals surface area contributed by atoms with E-state index in [0.717, 1.165) is 97.0 Å². The van der Waals surface area contributed by atoms with E-state index in [1.54, 1.807) is 22.7 Å². The highest BCUT2D eigenvalue weighted by atomic mass is 32.1. The number of carbonyl (C=O) groups is 2. The van der Waals surface area contributed by atoms with E-state index in [1.165, 1.54) is 312 Å². The topological polar surface area (TPSA) is 77.5 Å². The van der Waals surface area contributed by atoms with Crippen molar-refractivity contribution in [2.24, 2.45) is 11.8 Å². The van der Waals surface area contributed by atoms with Crippen LogP contribution in [0, 0.1) is 11.8 Å². The summed E-state index contributed by atoms with van der Waals surface area (Å²) < 4.78 is 24.2. The Balaban J connectivity index is 0.000000287. The van der Waals surface area contributed by atoms with Crippen molar-refractivity contribution >= 4 is 71.0 Å². The summed E-state index contributed by atoms with van der Waals surface area (Å²) >= 11 is 3.49. The third kappa shape index (κ3) is 22.8. The zero-order valence-corrected chi connectivity index (χ0v) is 74.3. The highest BCUT2D eigenvalue weighted by molar-refractivity contribution is 7.16. The van der Waals surface area contributed by atoms with E-state index >= 15 is 9.59 Å². The summed E-state index contributed by atoms with van der Waals surface area (Å²) in [6.45, 7) is 22.9. The molecule has 4 aliphatic heterocycles. The number of hydrogen-bond donors (Lipinski definition) is 0. The van der Waals surface area contributed by atoms with Crippen molar-refractivity contribution in [1.29, 1.82) is 0 Å². The van der Waals surface area contributed by atoms with Crippen molar-refractivity contribution in [1.82, 2.24) is 9.80 Å². The molecule has 2 aromatic heterocycles. The first-order valence-electron chi connectivity index (χ1n) is 47.4. The maximum atomic E-state index is 15.8. The maximum Gasteiger partial charge on any atom is 0.493 e. The number of amides is 2. The number of unbranched alkanes of at least 4 members (excludes halogenated alkanes) is 28. The fourth-order valence-electron chi connectivity index (χ4n) is 20.1. The highest BCUT2D eigenvalue weighted by Crippen LogP contribution is 2.58. The van der Waals surface area contributed by atoms with Crippen LogP contribution in [0.1, 0.15) is 383 Å². The summed E-state index contributed by atoms with van der Waals surface area (Å²) in [4.78, 5) is 39.3. The SMILES string of the molecule is CCCCCCC1(CCCCCC)c2cc(B3OCCCO3)ccc2-c2ccc(B3OCCCO3)cc21.CCCCCCCCC(CCCCCC)CN1C(=O)C2=C(c3ccc(-c4ccc5c(c4)C(CCCCCC)(CCCCCC)c4ccccc4-5)s3)N(CC(CCCCCC)CCCCCCCC)C(=O)C2=C1c1cccs1. The normalized spacial score (nSPS) is 16.6. The number of hydrogen-bond acceptors (Lipinski definition) is 8. The van der Waals surface area contributed by atoms with Crippen molar-refractivity contribution in [2.45, 2.75) is 362 Å². The average Bonchev–Trinajstić information content (AvgIpc) is 1.56. The Hall–Kier alpha value is -5.33. The van der Waals surface area contributed by atoms with Gasteiger partial charge in [-0.2, -0.15) is 0 Å². The molecule has 2 atom stereocenters. The average molecular weight is 1580 g/mol. The van der Waals surface area contributed by atoms with Gasteiger partial charge in [0.1, 0.15) is 0 Å². The molecule has 12 heteroatoms. The van der Waals surface area contributed by atoms with E-state index in [9.17, 15) is 0 Å². The molecule has 12 rings (SSSR count). The van der Waals surface area contributed by atoms with Gasteiger partial charge >= 0.3 is 14.2 Å². The monoisotopic (exact) mass is 1580 g/mol. The van der Waals surface area contributed by atoms with Crippen LogP contribution in [0.2, 0.25) is 0 Å². The molecule has 114 heavy (non-hydrogen) atoms. The number of thiophene rings is 2. The minimum atomic E-state index is -0.250. The van der Waals surface area contributed by atoms with Crippen LogP contribution in [0.3, 0.4) is 0 Å². The first kappa shape index (κ1) is 89.5. The summed E-state index contributed by atoms with van der Waals surface area (Å²) in [5.41, 5.74) is 18.3. The largest absolute Gasteiger partial charge is 0.493 e. The summed E-state index contributed by atoms with van der Waals surface area (Å²) in [6.07, 6.45) is 56.7. The Morgan fingerprint density at radius 2 is 0.702 bits per heavy atom. The van der Waals surface area contributed by atoms with Gasteiger partial charge in [-0.05, 0) is 167 Å². The minimum Gasteiger partial charge on any atom is -0.407 e. The van der Waals surface area contributed by atoms with Crippen molar-refractivity contribution in [3.63, 3.8) is 0 Å². The molecule has 0 bridgehead atoms. The van der Waals surface area contributed by atoms with Gasteiger partial charge in [-0.25, -0.2) is 0 Å². The van der Waals surface area contributed by atoms with Gasteiger partial charge in [0.05, 0.1) is 32.3 Å². The van der Waals surface area contributed by atoms with E-state index in [4.69, 9.17) is 18.6 Å². The number of rotatable bonds is 53. The Labute approximate surface area is 701 Å². The van der Waals surface area contributed by atoms with E-state index in [-0.39, 0.29) is 36.9 Å². The van der Waals surface area contributed by atoms with E-state index < -0.39 is 0 Å². The third-order valence-electron chi connectivity index (χ3n) is 26.5. The molecule has 0 spiro atoms. The lowest BCUT2D eigenvalue weighted by atomic mass is 9.67. The molecular formula is C102H148B2N2O6S2. The summed E-state index contributed by atoms with van der Waals surface area (Å²) in [7, 11) is -0.500. The molecule has 620 valence electrons. The summed E-state index contributed by atoms with van der Waals surface area (Å²) in [6, 6.07) is 39.5. The van der Waals surface area contributed by atoms with Gasteiger partial charge in [-0.1, -0.05) is 365 Å². The molecule has 6 heterocycles. The van der Waals surface area contributed by atoms with Crippen LogP contribution >= 0.6 is 22.7 Å². The standard InChI is InChI=1S/C71H104N2O2S2.C31H44B2O4/c1-7-13-19-25-27-31-40-55(38-29-21-15-9-3)53-72-67(63-44-37-51-76-63)65-66(70(72)75)68(73(69(65)74)54-56(39-30-22-16-10-4)41-32-28-26-20-14-8-2)64-48-47-62(77-64)57-45-46-59-58-42-33-34-43-60(58)71(61(59)52-57,49-35-23-17-11-5)50-36-24-18-12-6;1-3-5-7-9-17-31(18-10-8-6-4-2)29-23-25(32-34-19-11-20-35-32)13-15-27(29)28-16-14-26(24-30(28)31)33-36-21-12-22-37-33/h33-34,37,42-48,51-52,55-56H,7-32,35-36,38-41,49-50,53-54H2,1-6H3;13-16,23-24H,3-12,17-22H2,1-2H3. The van der Waals surface area contributed by atoms with Crippen molar-refractivity contribution in [3.8, 4) is 32.7 Å². The van der Waals surface area contributed by atoms with Gasteiger partial charge in [0.25, 0.3) is 11.8 Å². The van der Waals surface area contributed by atoms with Gasteiger partial charge in [0.15, 0.2) is 0 Å². The molecule has 0 radical (unpaired) electrons. The van der Waals surface area contributed by atoms with Crippen LogP contribution in [0.4, 0.5) is 0 Å². The molecule has 0 N–H and O–H groups in total. The maximum absolute atomic E-state index is 15.8. The van der Waals surface area contributed by atoms with Gasteiger partial charge in [-0.3, -0.25) is 9.59 Å². The molecule has 0 saturated carbocycles. The Morgan fingerprint density at radius 3 is 1.12 bits per heavy atom. The predicted molar refractivity (Wildman–Crippen MR) is 490 cm³/mol. The number of nitrogens with zero attached hydrogens (tertiary/aromatic N) is 2. The van der Waals surface area contributed by atoms with Crippen LogP contribution < -0.4 is 10.9 Å². The Kier molecular flexibility index (Phi) is 37.2. The zero-order valence-electron chi connectivity index (χ0n) is 72.6. The second-order valence-electron chi connectivity index (χ2n) is 35.1. The number of benzene rings is 4. The lowest BCUT2D eigenvalue weighted by Crippen LogP contribution is -2.42. The van der Waals surface area contributed by atoms with Gasteiger partial charge in [0.2, 0.25) is 0 Å². The van der Waals surface area contributed by atoms with Gasteiger partial charge < -0.3 is 28.4 Å². The van der Waals surface area contributed by atoms with E-state index in [2.05, 4.69) is 174 Å². The second kappa shape index (κ2) is 47.5. The number of fused-ring (bicyclic) bond motifs is 7. The molecule has 8 nitrogen and oxygen atoms in total. The third-order valence-corrected chi connectivity index (χ3v) is 28.5. The predicted octanol–water partition coefficient (Wildman–Crippen LogP) is 28.3. The smallest absolute Gasteiger partial charge is 0.407 e. The van der Waals surface area contributed by atoms with Crippen LogP contribution in [0.25, 0.3) is 44.1 Å². The lowest BCUT2D eigenvalue weighted by Gasteiger charge is -2.34. The minimum absolute atomic E-state index is 0.00541. The van der Waals surface area contributed by atoms with E-state index in [1.807, 2.05) is 0 Å². The summed E-state index contributed by atoms with van der Waals surface area (Å²) in [5, 5.41) is 2.13. The molecule has 2 fully saturated rings. The first-order chi connectivity index (χ1) is 56.1. The molecule has 2 saturated heterocycles. The number of carbonyl (C=O) groups excluding carboxylic acids is 2. The van der Waals surface area contributed by atoms with E-state index in [0.29, 0.717) is 36.1 Å². The van der Waals surface area contributed by atoms with Crippen LogP contribution in [0.5, 0.6) is 0 Å². The molecule has 6 aliphatic rings. The van der Waals surface area contributed by atoms with Crippen LogP contribution in [-0.2, 0) is 39.0 Å². The van der Waals surface area contributed by atoms with Gasteiger partial charge in [-0.15, -0.1) is 22.7 Å². The molecular weight excluding hydrogens is 1430 g/mol. The molecule has 6 aromatic rings. The first-order valence-corrected chi connectivity index (χ1v) is 49.1. The zero-order chi connectivity index (χ0) is 79.8.